The molecule has 0 radical (unpaired) electrons. The molecule has 2 N–H and O–H groups in total. The summed E-state index contributed by atoms with van der Waals surface area (Å²) in [5.41, 5.74) is 5.45. The first-order valence-electron chi connectivity index (χ1n) is 27.7. The minimum Gasteiger partial charge on any atom is -0.416 e. The van der Waals surface area contributed by atoms with Crippen LogP contribution in [0.15, 0.2) is 97.3 Å². The molecule has 4 fully saturated rings. The molecule has 4 saturated heterocycles. The van der Waals surface area contributed by atoms with Crippen LogP contribution in [-0.2, 0) is 44.9 Å². The van der Waals surface area contributed by atoms with E-state index in [1.54, 1.807) is 12.4 Å². The van der Waals surface area contributed by atoms with Crippen molar-refractivity contribution in [2.75, 3.05) is 91.6 Å². The van der Waals surface area contributed by atoms with Gasteiger partial charge in [0.25, 0.3) is 0 Å². The molecule has 0 unspecified atom stereocenters. The second-order valence-corrected chi connectivity index (χ2v) is 21.3. The second kappa shape index (κ2) is 25.1. The molecule has 0 atom stereocenters. The summed E-state index contributed by atoms with van der Waals surface area (Å²) in [6.45, 7) is 12.2. The van der Waals surface area contributed by atoms with Crippen molar-refractivity contribution >= 4 is 45.6 Å². The van der Waals surface area contributed by atoms with Gasteiger partial charge in [-0.1, -0.05) is 36.4 Å². The summed E-state index contributed by atoms with van der Waals surface area (Å²) < 4.78 is 43.3. The topological polar surface area (TPSA) is 134 Å². The predicted octanol–water partition coefficient (Wildman–Crippen LogP) is 7.65. The number of piperidine rings is 2. The number of fused-ring (bicyclic) bond motifs is 2. The molecule has 402 valence electrons. The third-order valence-electron chi connectivity index (χ3n) is 16.1. The van der Waals surface area contributed by atoms with E-state index in [-0.39, 0.29) is 59.9 Å². The molecule has 4 aromatic carbocycles. The number of carbonyl (C=O) groups excluding carboxylic acids is 4. The monoisotopic (exact) mass is 1040 g/mol. The number of hydrogen-bond acceptors (Lipinski definition) is 10. The van der Waals surface area contributed by atoms with E-state index >= 15 is 0 Å². The van der Waals surface area contributed by atoms with Gasteiger partial charge in [0.1, 0.15) is 11.6 Å². The Morgan fingerprint density at radius 1 is 0.461 bits per heavy atom. The van der Waals surface area contributed by atoms with E-state index in [0.717, 1.165) is 150 Å². The Morgan fingerprint density at radius 3 is 1.20 bits per heavy atom. The molecular weight excluding hydrogens is 967 g/mol. The highest BCUT2D eigenvalue weighted by molar-refractivity contribution is 6.31. The Labute approximate surface area is 444 Å². The number of nitrogens with one attached hydrogen (secondary N) is 2. The maximum atomic E-state index is 13.9. The number of esters is 2. The lowest BCUT2D eigenvalue weighted by Gasteiger charge is -2.33. The van der Waals surface area contributed by atoms with Crippen molar-refractivity contribution in [3.05, 3.63) is 131 Å². The fraction of sp³-hybridized carbons (Fsp3) is 0.467. The van der Waals surface area contributed by atoms with Crippen LogP contribution in [0.4, 0.5) is 8.78 Å². The number of likely N-dealkylation sites (tertiary alicyclic amines) is 4. The summed E-state index contributed by atoms with van der Waals surface area (Å²) >= 11 is 0. The Morgan fingerprint density at radius 2 is 0.816 bits per heavy atom. The van der Waals surface area contributed by atoms with Crippen molar-refractivity contribution in [3.8, 4) is 11.5 Å². The Kier molecular flexibility index (Phi) is 17.5. The first kappa shape index (κ1) is 53.0. The van der Waals surface area contributed by atoms with E-state index in [9.17, 15) is 28.0 Å². The van der Waals surface area contributed by atoms with Crippen LogP contribution in [0.25, 0.3) is 21.8 Å². The van der Waals surface area contributed by atoms with Gasteiger partial charge in [0.05, 0.1) is 23.9 Å². The molecule has 0 bridgehead atoms. The van der Waals surface area contributed by atoms with Crippen LogP contribution >= 0.6 is 0 Å². The number of benzene rings is 4. The zero-order chi connectivity index (χ0) is 52.4. The van der Waals surface area contributed by atoms with Gasteiger partial charge in [-0.15, -0.1) is 0 Å². The Balaban J connectivity index is 0.838. The van der Waals surface area contributed by atoms with E-state index < -0.39 is 11.9 Å². The number of nitrogens with zero attached hydrogens (tertiary/aromatic N) is 6. The van der Waals surface area contributed by atoms with Gasteiger partial charge < -0.3 is 48.8 Å². The van der Waals surface area contributed by atoms with Crippen LogP contribution in [0.5, 0.6) is 11.5 Å². The normalized spacial score (nSPS) is 17.4. The zero-order valence-corrected chi connectivity index (χ0v) is 43.7. The van der Waals surface area contributed by atoms with E-state index in [1.165, 1.54) is 49.9 Å². The average molecular weight is 1040 g/mol. The van der Waals surface area contributed by atoms with Gasteiger partial charge in [-0.25, -0.2) is 18.4 Å². The maximum Gasteiger partial charge on any atom is 0.423 e. The first-order valence-corrected chi connectivity index (χ1v) is 27.7. The molecule has 2 amide bonds. The Bertz CT molecular complexity index is 2750. The summed E-state index contributed by atoms with van der Waals surface area (Å²) in [6, 6.07) is 24.9. The molecule has 0 aliphatic carbocycles. The molecule has 76 heavy (non-hydrogen) atoms. The number of aromatic nitrogens is 2. The van der Waals surface area contributed by atoms with Crippen molar-refractivity contribution in [1.29, 1.82) is 0 Å². The highest BCUT2D eigenvalue weighted by atomic mass is 19.1. The van der Waals surface area contributed by atoms with Gasteiger partial charge >= 0.3 is 11.9 Å². The van der Waals surface area contributed by atoms with Gasteiger partial charge in [-0.3, -0.25) is 9.59 Å². The Hall–Kier alpha value is -6.46. The molecule has 16 heteroatoms. The minimum atomic E-state index is -1.16. The molecule has 6 aromatic rings. The van der Waals surface area contributed by atoms with Gasteiger partial charge in [-0.05, 0) is 161 Å². The molecule has 4 aliphatic heterocycles. The van der Waals surface area contributed by atoms with Crippen LogP contribution in [0.1, 0.15) is 85.7 Å². The summed E-state index contributed by atoms with van der Waals surface area (Å²) in [5.74, 6) is -2.46. The number of hydrogen-bond donors (Lipinski definition) is 2. The lowest BCUT2D eigenvalue weighted by atomic mass is 10.0. The number of rotatable bonds is 20. The molecule has 14 nitrogen and oxygen atoms in total. The lowest BCUT2D eigenvalue weighted by Crippen LogP contribution is -2.35. The van der Waals surface area contributed by atoms with Crippen LogP contribution in [0.3, 0.4) is 0 Å². The third-order valence-corrected chi connectivity index (χ3v) is 16.1. The van der Waals surface area contributed by atoms with Crippen LogP contribution in [0.2, 0.25) is 0 Å². The molecule has 0 spiro atoms. The standard InChI is InChI=1S/C60H72F2N8O6/c61-47-11-5-43(6-12-47)17-29-67-31-19-49(20-32-67)69-41-55(51-15-9-45(37-53(51)69)39-57(71)63-23-35-65-25-1-2-26-65)75-59(73)60(74)76-56-42-70(50-21-33-68(34-22-50)30-18-44-7-13-48(62)14-8-44)54-38-46(10-16-52(54)56)40-58(72)64-24-36-66-27-3-4-28-66/h5-16,37-38,41-42,49-50H,1-4,17-36,39-40H2,(H,63,71)(H,64,72). The summed E-state index contributed by atoms with van der Waals surface area (Å²) in [6.07, 6.45) is 13.7. The van der Waals surface area contributed by atoms with E-state index in [1.807, 2.05) is 60.7 Å². The van der Waals surface area contributed by atoms with Crippen LogP contribution in [0, 0.1) is 11.6 Å². The lowest BCUT2D eigenvalue weighted by molar-refractivity contribution is -0.156. The zero-order valence-electron chi connectivity index (χ0n) is 43.7. The maximum absolute atomic E-state index is 13.9. The van der Waals surface area contributed by atoms with Crippen molar-refractivity contribution < 1.29 is 37.4 Å². The average Bonchev–Trinajstić information content (AvgIpc) is 4.28. The first-order chi connectivity index (χ1) is 37.1. The number of carbonyl (C=O) groups is 4. The number of amides is 2. The second-order valence-electron chi connectivity index (χ2n) is 21.3. The van der Waals surface area contributed by atoms with Gasteiger partial charge in [0.2, 0.25) is 11.8 Å². The fourth-order valence-corrected chi connectivity index (χ4v) is 11.7. The minimum absolute atomic E-state index is 0.0594. The van der Waals surface area contributed by atoms with E-state index in [4.69, 9.17) is 9.47 Å². The highest BCUT2D eigenvalue weighted by Gasteiger charge is 2.29. The molecule has 2 aromatic heterocycles. The largest absolute Gasteiger partial charge is 0.423 e. The number of ether oxygens (including phenoxy) is 2. The van der Waals surface area contributed by atoms with Crippen molar-refractivity contribution in [2.24, 2.45) is 0 Å². The molecule has 0 saturated carbocycles. The molecular formula is C60H72F2N8O6. The van der Waals surface area contributed by atoms with E-state index in [2.05, 4.69) is 39.4 Å². The fourth-order valence-electron chi connectivity index (χ4n) is 11.7. The van der Waals surface area contributed by atoms with E-state index in [0.29, 0.717) is 23.9 Å². The van der Waals surface area contributed by atoms with Crippen molar-refractivity contribution in [2.45, 2.75) is 89.1 Å². The quantitative estimate of drug-likeness (QED) is 0.0581. The van der Waals surface area contributed by atoms with Gasteiger partial charge in [0.15, 0.2) is 11.5 Å². The SMILES string of the molecule is O=C(Cc1ccc2c(OC(=O)C(=O)Oc3cn(C4CCN(CCc5ccc(F)cc5)CC4)c4cc(CC(=O)NCCN5CCCC5)ccc34)cn(C3CCN(CCc4ccc(F)cc4)CC3)c2c1)NCCN1CCCC1. The number of halogens is 2. The van der Waals surface area contributed by atoms with Gasteiger partial charge in [0, 0.05) is 101 Å². The van der Waals surface area contributed by atoms with Crippen LogP contribution in [-0.4, -0.2) is 144 Å². The molecule has 10 rings (SSSR count). The summed E-state index contributed by atoms with van der Waals surface area (Å²) in [4.78, 5) is 63.8. The summed E-state index contributed by atoms with van der Waals surface area (Å²) in [7, 11) is 0. The van der Waals surface area contributed by atoms with Crippen molar-refractivity contribution in [3.63, 3.8) is 0 Å². The molecule has 4 aliphatic rings. The van der Waals surface area contributed by atoms with Gasteiger partial charge in [-0.2, -0.15) is 0 Å². The highest BCUT2D eigenvalue weighted by Crippen LogP contribution is 2.37. The molecule has 6 heterocycles. The van der Waals surface area contributed by atoms with Crippen molar-refractivity contribution in [1.82, 2.24) is 39.4 Å². The smallest absolute Gasteiger partial charge is 0.416 e. The van der Waals surface area contributed by atoms with Crippen LogP contribution < -0.4 is 20.1 Å². The summed E-state index contributed by atoms with van der Waals surface area (Å²) in [5, 5.41) is 7.46. The third kappa shape index (κ3) is 13.7. The predicted molar refractivity (Wildman–Crippen MR) is 290 cm³/mol.